The first kappa shape index (κ1) is 12.6. The Balaban J connectivity index is 2.45. The smallest absolute Gasteiger partial charge is 0.221 e. The van der Waals surface area contributed by atoms with Crippen LogP contribution in [-0.2, 0) is 11.3 Å². The van der Waals surface area contributed by atoms with Crippen molar-refractivity contribution in [1.82, 2.24) is 10.6 Å². The maximum absolute atomic E-state index is 13.1. The summed E-state index contributed by atoms with van der Waals surface area (Å²) in [5.41, 5.74) is 0.277. The van der Waals surface area contributed by atoms with Crippen LogP contribution in [0.5, 0.6) is 0 Å². The monoisotopic (exact) mass is 228 g/mol. The molecular weight excluding hydrogens is 214 g/mol. The lowest BCUT2D eigenvalue weighted by Crippen LogP contribution is -2.26. The zero-order valence-electron chi connectivity index (χ0n) is 9.02. The van der Waals surface area contributed by atoms with E-state index in [1.807, 2.05) is 0 Å². The Hall–Kier alpha value is -1.49. The third-order valence-electron chi connectivity index (χ3n) is 2.09. The van der Waals surface area contributed by atoms with Gasteiger partial charge in [-0.3, -0.25) is 4.79 Å². The average molecular weight is 228 g/mol. The zero-order valence-corrected chi connectivity index (χ0v) is 9.02. The lowest BCUT2D eigenvalue weighted by atomic mass is 10.2. The van der Waals surface area contributed by atoms with Gasteiger partial charge < -0.3 is 10.6 Å². The molecule has 0 spiro atoms. The Morgan fingerprint density at radius 2 is 2.12 bits per heavy atom. The molecule has 88 valence electrons. The normalized spacial score (nSPS) is 10.2. The molecule has 1 amide bonds. The highest BCUT2D eigenvalue weighted by Gasteiger charge is 2.05. The molecule has 0 fully saturated rings. The Morgan fingerprint density at radius 3 is 2.75 bits per heavy atom. The molecule has 0 saturated carbocycles. The van der Waals surface area contributed by atoms with E-state index in [9.17, 15) is 13.6 Å². The molecule has 3 nitrogen and oxygen atoms in total. The van der Waals surface area contributed by atoms with Crippen LogP contribution < -0.4 is 10.6 Å². The maximum Gasteiger partial charge on any atom is 0.221 e. The van der Waals surface area contributed by atoms with Gasteiger partial charge in [-0.15, -0.1) is 0 Å². The van der Waals surface area contributed by atoms with Gasteiger partial charge in [0.15, 0.2) is 0 Å². The Labute approximate surface area is 92.8 Å². The summed E-state index contributed by atoms with van der Waals surface area (Å²) in [6.07, 6.45) is 0.333. The standard InChI is InChI=1S/C11H14F2N2O/c1-14-5-4-11(16)15-7-8-2-3-9(12)6-10(8)13/h2-3,6,14H,4-5,7H2,1H3,(H,15,16). The van der Waals surface area contributed by atoms with E-state index in [0.717, 1.165) is 12.1 Å². The van der Waals surface area contributed by atoms with Crippen LogP contribution in [0, 0.1) is 11.6 Å². The van der Waals surface area contributed by atoms with Gasteiger partial charge in [-0.05, 0) is 13.1 Å². The second-order valence-electron chi connectivity index (χ2n) is 3.37. The Kier molecular flexibility index (Phi) is 4.85. The molecular formula is C11H14F2N2O. The third kappa shape index (κ3) is 3.94. The molecule has 0 aliphatic rings. The van der Waals surface area contributed by atoms with E-state index in [1.165, 1.54) is 6.07 Å². The summed E-state index contributed by atoms with van der Waals surface area (Å²) < 4.78 is 25.7. The van der Waals surface area contributed by atoms with Gasteiger partial charge in [0.05, 0.1) is 0 Å². The van der Waals surface area contributed by atoms with Gasteiger partial charge in [0.2, 0.25) is 5.91 Å². The van der Waals surface area contributed by atoms with E-state index < -0.39 is 11.6 Å². The predicted molar refractivity (Wildman–Crippen MR) is 56.7 cm³/mol. The van der Waals surface area contributed by atoms with Crippen molar-refractivity contribution < 1.29 is 13.6 Å². The van der Waals surface area contributed by atoms with Crippen molar-refractivity contribution in [1.29, 1.82) is 0 Å². The summed E-state index contributed by atoms with van der Waals surface area (Å²) in [6.45, 7) is 0.645. The van der Waals surface area contributed by atoms with E-state index in [0.29, 0.717) is 13.0 Å². The molecule has 0 saturated heterocycles. The molecule has 1 aromatic rings. The fraction of sp³-hybridized carbons (Fsp3) is 0.364. The van der Waals surface area contributed by atoms with Gasteiger partial charge >= 0.3 is 0 Å². The van der Waals surface area contributed by atoms with E-state index in [1.54, 1.807) is 7.05 Å². The van der Waals surface area contributed by atoms with Crippen molar-refractivity contribution >= 4 is 5.91 Å². The van der Waals surface area contributed by atoms with Crippen molar-refractivity contribution in [2.75, 3.05) is 13.6 Å². The SMILES string of the molecule is CNCCC(=O)NCc1ccc(F)cc1F. The van der Waals surface area contributed by atoms with E-state index in [-0.39, 0.29) is 18.0 Å². The van der Waals surface area contributed by atoms with Gasteiger partial charge in [-0.2, -0.15) is 0 Å². The van der Waals surface area contributed by atoms with Gasteiger partial charge in [0.25, 0.3) is 0 Å². The lowest BCUT2D eigenvalue weighted by molar-refractivity contribution is -0.121. The fourth-order valence-electron chi connectivity index (χ4n) is 1.19. The quantitative estimate of drug-likeness (QED) is 0.794. The molecule has 0 heterocycles. The maximum atomic E-state index is 13.1. The molecule has 0 bridgehead atoms. The van der Waals surface area contributed by atoms with E-state index in [4.69, 9.17) is 0 Å². The highest BCUT2D eigenvalue weighted by atomic mass is 19.1. The first-order valence-electron chi connectivity index (χ1n) is 4.98. The van der Waals surface area contributed by atoms with E-state index in [2.05, 4.69) is 10.6 Å². The number of benzene rings is 1. The number of hydrogen-bond acceptors (Lipinski definition) is 2. The minimum Gasteiger partial charge on any atom is -0.352 e. The number of carbonyl (C=O) groups excluding carboxylic acids is 1. The molecule has 2 N–H and O–H groups in total. The number of nitrogens with one attached hydrogen (secondary N) is 2. The van der Waals surface area contributed by atoms with Crippen molar-refractivity contribution in [2.24, 2.45) is 0 Å². The number of amides is 1. The van der Waals surface area contributed by atoms with Gasteiger partial charge in [-0.1, -0.05) is 6.07 Å². The van der Waals surface area contributed by atoms with Crippen LogP contribution >= 0.6 is 0 Å². The van der Waals surface area contributed by atoms with Crippen LogP contribution in [0.2, 0.25) is 0 Å². The molecule has 1 aromatic carbocycles. The number of hydrogen-bond donors (Lipinski definition) is 2. The lowest BCUT2D eigenvalue weighted by Gasteiger charge is -2.06. The zero-order chi connectivity index (χ0) is 12.0. The molecule has 0 aliphatic carbocycles. The summed E-state index contributed by atoms with van der Waals surface area (Å²) in [7, 11) is 1.74. The first-order chi connectivity index (χ1) is 7.63. The highest BCUT2D eigenvalue weighted by molar-refractivity contribution is 5.76. The summed E-state index contributed by atoms with van der Waals surface area (Å²) in [5.74, 6) is -1.44. The average Bonchev–Trinajstić information content (AvgIpc) is 2.25. The number of halogens is 2. The minimum atomic E-state index is -0.645. The van der Waals surface area contributed by atoms with Crippen molar-refractivity contribution in [3.63, 3.8) is 0 Å². The summed E-state index contributed by atoms with van der Waals surface area (Å²) in [5, 5.41) is 5.38. The summed E-state index contributed by atoms with van der Waals surface area (Å²) >= 11 is 0. The molecule has 0 aromatic heterocycles. The number of rotatable bonds is 5. The van der Waals surface area contributed by atoms with Crippen molar-refractivity contribution in [2.45, 2.75) is 13.0 Å². The topological polar surface area (TPSA) is 41.1 Å². The van der Waals surface area contributed by atoms with Gasteiger partial charge in [-0.25, -0.2) is 8.78 Å². The first-order valence-corrected chi connectivity index (χ1v) is 4.98. The second kappa shape index (κ2) is 6.17. The van der Waals surface area contributed by atoms with Crippen molar-refractivity contribution in [3.8, 4) is 0 Å². The van der Waals surface area contributed by atoms with Crippen LogP contribution in [0.1, 0.15) is 12.0 Å². The van der Waals surface area contributed by atoms with Crippen LogP contribution in [0.4, 0.5) is 8.78 Å². The Morgan fingerprint density at radius 1 is 1.38 bits per heavy atom. The molecule has 0 radical (unpaired) electrons. The largest absolute Gasteiger partial charge is 0.352 e. The van der Waals surface area contributed by atoms with Crippen LogP contribution in [0.15, 0.2) is 18.2 Å². The molecule has 0 aliphatic heterocycles. The summed E-state index contributed by atoms with van der Waals surface area (Å²) in [6, 6.07) is 3.29. The number of carbonyl (C=O) groups is 1. The summed E-state index contributed by atoms with van der Waals surface area (Å²) in [4.78, 5) is 11.2. The predicted octanol–water partition coefficient (Wildman–Crippen LogP) is 1.19. The van der Waals surface area contributed by atoms with Crippen LogP contribution in [-0.4, -0.2) is 19.5 Å². The third-order valence-corrected chi connectivity index (χ3v) is 2.09. The molecule has 1 rings (SSSR count). The van der Waals surface area contributed by atoms with E-state index >= 15 is 0 Å². The van der Waals surface area contributed by atoms with Crippen LogP contribution in [0.3, 0.4) is 0 Å². The molecule has 16 heavy (non-hydrogen) atoms. The Bertz CT molecular complexity index is 369. The fourth-order valence-corrected chi connectivity index (χ4v) is 1.19. The molecule has 0 unspecified atom stereocenters. The molecule has 0 atom stereocenters. The van der Waals surface area contributed by atoms with Crippen LogP contribution in [0.25, 0.3) is 0 Å². The van der Waals surface area contributed by atoms with Gasteiger partial charge in [0.1, 0.15) is 11.6 Å². The second-order valence-corrected chi connectivity index (χ2v) is 3.37. The minimum absolute atomic E-state index is 0.0780. The van der Waals surface area contributed by atoms with Crippen molar-refractivity contribution in [3.05, 3.63) is 35.4 Å². The van der Waals surface area contributed by atoms with Gasteiger partial charge in [0, 0.05) is 31.1 Å². The molecule has 5 heteroatoms. The highest BCUT2D eigenvalue weighted by Crippen LogP contribution is 2.08.